The van der Waals surface area contributed by atoms with Crippen molar-refractivity contribution in [2.45, 2.75) is 32.2 Å². The molecule has 32 heavy (non-hydrogen) atoms. The normalized spacial score (nSPS) is 15.8. The molecular weight excluding hydrogens is 413 g/mol. The lowest BCUT2D eigenvalue weighted by Gasteiger charge is -2.26. The molecule has 2 aromatic heterocycles. The minimum absolute atomic E-state index is 0.0817. The van der Waals surface area contributed by atoms with Gasteiger partial charge >= 0.3 is 0 Å². The first-order valence-corrected chi connectivity index (χ1v) is 10.5. The number of nitrogens with zero attached hydrogens (tertiary/aromatic N) is 5. The van der Waals surface area contributed by atoms with E-state index in [0.717, 1.165) is 29.8 Å². The zero-order chi connectivity index (χ0) is 22.8. The molecule has 1 saturated heterocycles. The first-order chi connectivity index (χ1) is 15.4. The molecule has 9 heteroatoms. The van der Waals surface area contributed by atoms with E-state index < -0.39 is 5.82 Å². The number of methoxy groups -OCH3 is 1. The van der Waals surface area contributed by atoms with Crippen LogP contribution in [0.25, 0.3) is 11.3 Å². The van der Waals surface area contributed by atoms with E-state index in [1.807, 2.05) is 36.9 Å². The highest BCUT2D eigenvalue weighted by atomic mass is 19.1. The van der Waals surface area contributed by atoms with Crippen LogP contribution in [0, 0.1) is 12.7 Å². The number of amides is 1. The van der Waals surface area contributed by atoms with E-state index in [0.29, 0.717) is 23.8 Å². The van der Waals surface area contributed by atoms with Crippen molar-refractivity contribution in [1.29, 1.82) is 0 Å². The summed E-state index contributed by atoms with van der Waals surface area (Å²) < 4.78 is 24.5. The second-order valence-corrected chi connectivity index (χ2v) is 8.09. The molecule has 0 N–H and O–H groups in total. The molecule has 1 fully saturated rings. The largest absolute Gasteiger partial charge is 0.494 e. The Labute approximate surface area is 186 Å². The average Bonchev–Trinajstić information content (AvgIpc) is 3.42. The fourth-order valence-electron chi connectivity index (χ4n) is 3.98. The van der Waals surface area contributed by atoms with Crippen LogP contribution in [0.5, 0.6) is 5.75 Å². The Morgan fingerprint density at radius 3 is 2.81 bits per heavy atom. The van der Waals surface area contributed by atoms with Gasteiger partial charge in [0.1, 0.15) is 0 Å². The number of hydrogen-bond donors (Lipinski definition) is 0. The number of hydrogen-bond acceptors (Lipinski definition) is 7. The number of carbonyl (C=O) groups excluding carboxylic acids is 1. The van der Waals surface area contributed by atoms with Crippen molar-refractivity contribution in [1.82, 2.24) is 20.0 Å². The van der Waals surface area contributed by atoms with Gasteiger partial charge in [0.25, 0.3) is 0 Å². The van der Waals surface area contributed by atoms with Crippen molar-refractivity contribution in [3.05, 3.63) is 53.2 Å². The summed E-state index contributed by atoms with van der Waals surface area (Å²) in [6, 6.07) is 6.20. The highest BCUT2D eigenvalue weighted by Gasteiger charge is 2.34. The second kappa shape index (κ2) is 8.94. The van der Waals surface area contributed by atoms with Crippen LogP contribution < -0.4 is 9.64 Å². The zero-order valence-corrected chi connectivity index (χ0v) is 18.6. The molecule has 0 aliphatic carbocycles. The van der Waals surface area contributed by atoms with Crippen molar-refractivity contribution in [3.8, 4) is 17.1 Å². The van der Waals surface area contributed by atoms with Crippen LogP contribution in [0.15, 0.2) is 35.0 Å². The smallest absolute Gasteiger partial charge is 0.227 e. The summed E-state index contributed by atoms with van der Waals surface area (Å²) in [5.74, 6) is 0.715. The predicted molar refractivity (Wildman–Crippen MR) is 117 cm³/mol. The summed E-state index contributed by atoms with van der Waals surface area (Å²) in [6.45, 7) is 2.46. The second-order valence-electron chi connectivity index (χ2n) is 8.09. The van der Waals surface area contributed by atoms with Crippen LogP contribution in [0.1, 0.15) is 35.8 Å². The summed E-state index contributed by atoms with van der Waals surface area (Å²) in [5, 5.41) is 3.98. The van der Waals surface area contributed by atoms with Crippen molar-refractivity contribution in [2.75, 3.05) is 32.6 Å². The quantitative estimate of drug-likeness (QED) is 0.581. The molecule has 1 aliphatic heterocycles. The molecule has 4 rings (SSSR count). The molecule has 0 radical (unpaired) electrons. The van der Waals surface area contributed by atoms with Gasteiger partial charge < -0.3 is 19.1 Å². The van der Waals surface area contributed by atoms with Gasteiger partial charge in [0, 0.05) is 32.9 Å². The molecule has 0 bridgehead atoms. The number of aromatic nitrogens is 3. The zero-order valence-electron chi connectivity index (χ0n) is 18.6. The van der Waals surface area contributed by atoms with E-state index in [1.54, 1.807) is 12.3 Å². The molecule has 1 aliphatic rings. The number of benzene rings is 1. The fourth-order valence-corrected chi connectivity index (χ4v) is 3.98. The molecule has 3 aromatic rings. The lowest BCUT2D eigenvalue weighted by Crippen LogP contribution is -2.33. The SMILES string of the molecule is COc1ccc(CC(=O)N2CCC[C@H]2c2nc(N(C)C)ncc2-c2cc(C)no2)cc1F. The van der Waals surface area contributed by atoms with Crippen LogP contribution in [0.3, 0.4) is 0 Å². The predicted octanol–water partition coefficient (Wildman–Crippen LogP) is 3.56. The van der Waals surface area contributed by atoms with Crippen molar-refractivity contribution >= 4 is 11.9 Å². The molecule has 1 aromatic carbocycles. The van der Waals surface area contributed by atoms with Gasteiger partial charge in [-0.25, -0.2) is 14.4 Å². The van der Waals surface area contributed by atoms with Gasteiger partial charge in [0.05, 0.1) is 36.5 Å². The van der Waals surface area contributed by atoms with Gasteiger partial charge in [-0.05, 0) is 37.5 Å². The highest BCUT2D eigenvalue weighted by molar-refractivity contribution is 5.80. The molecule has 168 valence electrons. The summed E-state index contributed by atoms with van der Waals surface area (Å²) in [7, 11) is 5.15. The Kier molecular flexibility index (Phi) is 6.07. The summed E-state index contributed by atoms with van der Waals surface area (Å²) in [4.78, 5) is 26.1. The topological polar surface area (TPSA) is 84.6 Å². The molecule has 3 heterocycles. The molecule has 0 saturated carbocycles. The van der Waals surface area contributed by atoms with Crippen molar-refractivity contribution in [3.63, 3.8) is 0 Å². The number of likely N-dealkylation sites (tertiary alicyclic amines) is 1. The Bertz CT molecular complexity index is 1130. The maximum atomic E-state index is 14.1. The van der Waals surface area contributed by atoms with Gasteiger partial charge in [-0.15, -0.1) is 0 Å². The van der Waals surface area contributed by atoms with E-state index in [-0.39, 0.29) is 24.1 Å². The lowest BCUT2D eigenvalue weighted by atomic mass is 10.0. The average molecular weight is 439 g/mol. The van der Waals surface area contributed by atoms with Crippen LogP contribution in [0.2, 0.25) is 0 Å². The summed E-state index contributed by atoms with van der Waals surface area (Å²) in [6.07, 6.45) is 3.44. The molecule has 1 amide bonds. The third kappa shape index (κ3) is 4.28. The first kappa shape index (κ1) is 21.7. The molecule has 1 atom stereocenters. The summed E-state index contributed by atoms with van der Waals surface area (Å²) in [5.41, 5.74) is 2.80. The van der Waals surface area contributed by atoms with Crippen LogP contribution >= 0.6 is 0 Å². The van der Waals surface area contributed by atoms with E-state index in [9.17, 15) is 9.18 Å². The third-order valence-corrected chi connectivity index (χ3v) is 5.56. The van der Waals surface area contributed by atoms with Gasteiger partial charge in [-0.3, -0.25) is 4.79 Å². The standard InChI is InChI=1S/C23H26FN5O3/c1-14-10-20(32-27-14)16-13-25-23(28(2)3)26-22(16)18-6-5-9-29(18)21(30)12-15-7-8-19(31-4)17(24)11-15/h7-8,10-11,13,18H,5-6,9,12H2,1-4H3/t18-/m0/s1. The number of ether oxygens (including phenoxy) is 1. The molecule has 0 spiro atoms. The monoisotopic (exact) mass is 439 g/mol. The van der Waals surface area contributed by atoms with E-state index in [4.69, 9.17) is 14.2 Å². The number of carbonyl (C=O) groups is 1. The van der Waals surface area contributed by atoms with Crippen LogP contribution in [-0.4, -0.2) is 53.7 Å². The fraction of sp³-hybridized carbons (Fsp3) is 0.391. The molecule has 8 nitrogen and oxygen atoms in total. The van der Waals surface area contributed by atoms with Gasteiger partial charge in [-0.1, -0.05) is 11.2 Å². The maximum absolute atomic E-state index is 14.1. The van der Waals surface area contributed by atoms with Crippen molar-refractivity contribution < 1.29 is 18.4 Å². The van der Waals surface area contributed by atoms with Gasteiger partial charge in [-0.2, -0.15) is 0 Å². The number of rotatable bonds is 6. The Hall–Kier alpha value is -3.49. The summed E-state index contributed by atoms with van der Waals surface area (Å²) >= 11 is 0. The van der Waals surface area contributed by atoms with E-state index in [1.165, 1.54) is 19.2 Å². The van der Waals surface area contributed by atoms with Gasteiger partial charge in [0.2, 0.25) is 11.9 Å². The maximum Gasteiger partial charge on any atom is 0.227 e. The molecule has 0 unspecified atom stereocenters. The number of aryl methyl sites for hydroxylation is 1. The minimum atomic E-state index is -0.481. The van der Waals surface area contributed by atoms with E-state index in [2.05, 4.69) is 10.1 Å². The number of halogens is 1. The van der Waals surface area contributed by atoms with Crippen LogP contribution in [-0.2, 0) is 11.2 Å². The molecular formula is C23H26FN5O3. The highest BCUT2D eigenvalue weighted by Crippen LogP contribution is 2.37. The minimum Gasteiger partial charge on any atom is -0.494 e. The van der Waals surface area contributed by atoms with Crippen LogP contribution in [0.4, 0.5) is 10.3 Å². The first-order valence-electron chi connectivity index (χ1n) is 10.5. The van der Waals surface area contributed by atoms with Crippen molar-refractivity contribution in [2.24, 2.45) is 0 Å². The van der Waals surface area contributed by atoms with E-state index >= 15 is 0 Å². The Balaban J connectivity index is 1.65. The number of anilines is 1. The Morgan fingerprint density at radius 2 is 2.16 bits per heavy atom. The third-order valence-electron chi connectivity index (χ3n) is 5.56. The lowest BCUT2D eigenvalue weighted by molar-refractivity contribution is -0.131. The van der Waals surface area contributed by atoms with Gasteiger partial charge in [0.15, 0.2) is 17.3 Å². The Morgan fingerprint density at radius 1 is 1.34 bits per heavy atom.